The van der Waals surface area contributed by atoms with Gasteiger partial charge in [-0.1, -0.05) is 77.9 Å². The van der Waals surface area contributed by atoms with E-state index in [1.165, 1.54) is 16.0 Å². The summed E-state index contributed by atoms with van der Waals surface area (Å²) in [5, 5.41) is 2.86. The van der Waals surface area contributed by atoms with Crippen molar-refractivity contribution in [2.45, 2.75) is 64.8 Å². The monoisotopic (exact) mass is 422 g/mol. The van der Waals surface area contributed by atoms with Crippen molar-refractivity contribution >= 4 is 11.9 Å². The van der Waals surface area contributed by atoms with Crippen molar-refractivity contribution in [1.82, 2.24) is 10.2 Å². The molecule has 1 fully saturated rings. The molecule has 1 unspecified atom stereocenters. The zero-order chi connectivity index (χ0) is 23.0. The normalized spacial score (nSPS) is 19.5. The van der Waals surface area contributed by atoms with Crippen LogP contribution in [0.15, 0.2) is 48.5 Å². The van der Waals surface area contributed by atoms with E-state index in [1.54, 1.807) is 6.92 Å². The number of hydrogen-bond donors (Lipinski definition) is 1. The van der Waals surface area contributed by atoms with Crippen LogP contribution in [-0.4, -0.2) is 30.0 Å². The Morgan fingerprint density at radius 2 is 1.32 bits per heavy atom. The Bertz CT molecular complexity index is 950. The molecule has 1 aliphatic heterocycles. The predicted octanol–water partition coefficient (Wildman–Crippen LogP) is 5.13. The summed E-state index contributed by atoms with van der Waals surface area (Å²) in [5.41, 5.74) is 2.22. The second kappa shape index (κ2) is 8.03. The van der Waals surface area contributed by atoms with Gasteiger partial charge in [-0.15, -0.1) is 0 Å². The van der Waals surface area contributed by atoms with Crippen LogP contribution in [0, 0.1) is 0 Å². The quantitative estimate of drug-likeness (QED) is 0.680. The van der Waals surface area contributed by atoms with Crippen LogP contribution in [0.4, 0.5) is 4.79 Å². The first kappa shape index (κ1) is 22.9. The van der Waals surface area contributed by atoms with E-state index in [-0.39, 0.29) is 35.9 Å². The molecule has 1 saturated heterocycles. The van der Waals surface area contributed by atoms with Gasteiger partial charge < -0.3 is 10.1 Å². The maximum Gasteiger partial charge on any atom is 0.325 e. The Kier molecular flexibility index (Phi) is 5.92. The van der Waals surface area contributed by atoms with Gasteiger partial charge in [0.15, 0.2) is 0 Å². The number of urea groups is 1. The number of carbonyl (C=O) groups is 2. The molecule has 5 heteroatoms. The van der Waals surface area contributed by atoms with Crippen LogP contribution in [0.5, 0.6) is 5.75 Å². The highest BCUT2D eigenvalue weighted by Crippen LogP contribution is 2.31. The molecular formula is C26H34N2O3. The topological polar surface area (TPSA) is 58.6 Å². The van der Waals surface area contributed by atoms with Crippen LogP contribution in [0.25, 0.3) is 0 Å². The summed E-state index contributed by atoms with van der Waals surface area (Å²) in [6.07, 6.45) is 0. The lowest BCUT2D eigenvalue weighted by molar-refractivity contribution is -0.131. The number of amides is 3. The molecule has 2 aromatic carbocycles. The van der Waals surface area contributed by atoms with Crippen LogP contribution in [0.1, 0.15) is 65.2 Å². The highest BCUT2D eigenvalue weighted by atomic mass is 16.5. The zero-order valence-electron chi connectivity index (χ0n) is 19.7. The predicted molar refractivity (Wildman–Crippen MR) is 123 cm³/mol. The fraction of sp³-hybridized carbons (Fsp3) is 0.462. The summed E-state index contributed by atoms with van der Waals surface area (Å²) >= 11 is 0. The summed E-state index contributed by atoms with van der Waals surface area (Å²) < 4.78 is 5.79. The van der Waals surface area contributed by atoms with Crippen molar-refractivity contribution in [3.05, 3.63) is 65.2 Å². The SMILES string of the molecule is CC(C)(C)c1ccc(OCCN2C(=O)NC(C)(c3ccc(C(C)(C)C)cc3)C2=O)cc1. The lowest BCUT2D eigenvalue weighted by Gasteiger charge is -2.24. The molecule has 1 heterocycles. The minimum absolute atomic E-state index is 0.0246. The minimum atomic E-state index is -1.07. The summed E-state index contributed by atoms with van der Waals surface area (Å²) in [7, 11) is 0. The molecule has 1 N–H and O–H groups in total. The standard InChI is InChI=1S/C26H34N2O3/c1-24(2,3)18-8-10-20(11-9-18)26(7)22(29)28(23(30)27-26)16-17-31-21-14-12-19(13-15-21)25(4,5)6/h8-15H,16-17H2,1-7H3,(H,27,30). The minimum Gasteiger partial charge on any atom is -0.492 e. The van der Waals surface area contributed by atoms with E-state index in [4.69, 9.17) is 4.74 Å². The molecule has 3 rings (SSSR count). The van der Waals surface area contributed by atoms with Crippen molar-refractivity contribution in [3.8, 4) is 5.75 Å². The van der Waals surface area contributed by atoms with Crippen LogP contribution in [-0.2, 0) is 21.2 Å². The van der Waals surface area contributed by atoms with Crippen LogP contribution in [0.2, 0.25) is 0 Å². The van der Waals surface area contributed by atoms with Crippen molar-refractivity contribution in [2.24, 2.45) is 0 Å². The van der Waals surface area contributed by atoms with Crippen molar-refractivity contribution in [1.29, 1.82) is 0 Å². The fourth-order valence-corrected chi connectivity index (χ4v) is 3.71. The maximum atomic E-state index is 13.1. The molecule has 2 aromatic rings. The third-order valence-electron chi connectivity index (χ3n) is 5.91. The van der Waals surface area contributed by atoms with Gasteiger partial charge in [-0.25, -0.2) is 4.79 Å². The molecule has 31 heavy (non-hydrogen) atoms. The van der Waals surface area contributed by atoms with Crippen molar-refractivity contribution in [3.63, 3.8) is 0 Å². The largest absolute Gasteiger partial charge is 0.492 e. The van der Waals surface area contributed by atoms with Gasteiger partial charge in [0.25, 0.3) is 5.91 Å². The van der Waals surface area contributed by atoms with Gasteiger partial charge in [0.1, 0.15) is 17.9 Å². The Balaban J connectivity index is 1.65. The Morgan fingerprint density at radius 1 is 0.839 bits per heavy atom. The molecular weight excluding hydrogens is 388 g/mol. The van der Waals surface area contributed by atoms with Crippen LogP contribution < -0.4 is 10.1 Å². The lowest BCUT2D eigenvalue weighted by atomic mass is 9.84. The Morgan fingerprint density at radius 3 is 1.81 bits per heavy atom. The van der Waals surface area contributed by atoms with E-state index in [1.807, 2.05) is 48.5 Å². The first-order valence-electron chi connectivity index (χ1n) is 10.8. The average Bonchev–Trinajstić information content (AvgIpc) is 2.91. The lowest BCUT2D eigenvalue weighted by Crippen LogP contribution is -2.41. The molecule has 3 amide bonds. The molecule has 0 aliphatic carbocycles. The van der Waals surface area contributed by atoms with Crippen molar-refractivity contribution in [2.75, 3.05) is 13.2 Å². The molecule has 0 spiro atoms. The summed E-state index contributed by atoms with van der Waals surface area (Å²) in [6, 6.07) is 15.4. The third kappa shape index (κ3) is 4.76. The highest BCUT2D eigenvalue weighted by molar-refractivity contribution is 6.07. The van der Waals surface area contributed by atoms with Gasteiger partial charge in [-0.2, -0.15) is 0 Å². The second-order valence-corrected chi connectivity index (χ2v) is 10.5. The van der Waals surface area contributed by atoms with E-state index in [9.17, 15) is 9.59 Å². The van der Waals surface area contributed by atoms with Gasteiger partial charge in [0.05, 0.1) is 6.54 Å². The first-order valence-corrected chi connectivity index (χ1v) is 10.8. The Hall–Kier alpha value is -2.82. The number of imide groups is 1. The number of rotatable bonds is 5. The molecule has 1 aliphatic rings. The summed E-state index contributed by atoms with van der Waals surface area (Å²) in [4.78, 5) is 26.9. The second-order valence-electron chi connectivity index (χ2n) is 10.5. The maximum absolute atomic E-state index is 13.1. The number of ether oxygens (including phenoxy) is 1. The summed E-state index contributed by atoms with van der Waals surface area (Å²) in [5.74, 6) is 0.466. The van der Waals surface area contributed by atoms with Gasteiger partial charge >= 0.3 is 6.03 Å². The van der Waals surface area contributed by atoms with Gasteiger partial charge in [-0.3, -0.25) is 9.69 Å². The highest BCUT2D eigenvalue weighted by Gasteiger charge is 2.48. The van der Waals surface area contributed by atoms with E-state index in [0.717, 1.165) is 11.3 Å². The smallest absolute Gasteiger partial charge is 0.325 e. The number of nitrogens with zero attached hydrogens (tertiary/aromatic N) is 1. The number of carbonyl (C=O) groups excluding carboxylic acids is 2. The van der Waals surface area contributed by atoms with E-state index in [0.29, 0.717) is 0 Å². The van der Waals surface area contributed by atoms with Gasteiger partial charge in [0, 0.05) is 0 Å². The summed E-state index contributed by atoms with van der Waals surface area (Å²) in [6.45, 7) is 15.1. The van der Waals surface area contributed by atoms with Crippen LogP contribution >= 0.6 is 0 Å². The number of benzene rings is 2. The van der Waals surface area contributed by atoms with E-state index < -0.39 is 5.54 Å². The fourth-order valence-electron chi connectivity index (χ4n) is 3.71. The first-order chi connectivity index (χ1) is 14.3. The van der Waals surface area contributed by atoms with Gasteiger partial charge in [0.2, 0.25) is 0 Å². The third-order valence-corrected chi connectivity index (χ3v) is 5.91. The molecule has 0 aromatic heterocycles. The molecule has 5 nitrogen and oxygen atoms in total. The van der Waals surface area contributed by atoms with E-state index >= 15 is 0 Å². The van der Waals surface area contributed by atoms with Gasteiger partial charge in [-0.05, 0) is 46.6 Å². The van der Waals surface area contributed by atoms with Crippen molar-refractivity contribution < 1.29 is 14.3 Å². The molecule has 0 saturated carbocycles. The number of hydrogen-bond acceptors (Lipinski definition) is 3. The number of nitrogens with one attached hydrogen (secondary N) is 1. The van der Waals surface area contributed by atoms with Crippen LogP contribution in [0.3, 0.4) is 0 Å². The molecule has 1 atom stereocenters. The molecule has 0 bridgehead atoms. The average molecular weight is 423 g/mol. The molecule has 166 valence electrons. The Labute approximate surface area is 185 Å². The zero-order valence-corrected chi connectivity index (χ0v) is 19.7. The van der Waals surface area contributed by atoms with E-state index in [2.05, 4.69) is 46.9 Å². The molecule has 0 radical (unpaired) electrons.